The van der Waals surface area contributed by atoms with E-state index in [1.165, 1.54) is 0 Å². The molecular formula is C8H12N2O5S2. The molecule has 0 amide bonds. The quantitative estimate of drug-likeness (QED) is 0.573. The Labute approximate surface area is 103 Å². The van der Waals surface area contributed by atoms with E-state index < -0.39 is 16.1 Å². The molecule has 0 spiro atoms. The zero-order chi connectivity index (χ0) is 12.9. The van der Waals surface area contributed by atoms with E-state index in [1.54, 1.807) is 0 Å². The Morgan fingerprint density at radius 1 is 1.41 bits per heavy atom. The summed E-state index contributed by atoms with van der Waals surface area (Å²) in [6, 6.07) is 0. The predicted molar refractivity (Wildman–Crippen MR) is 60.6 cm³/mol. The van der Waals surface area contributed by atoms with Gasteiger partial charge in [-0.15, -0.1) is 10.2 Å². The molecule has 1 rings (SSSR count). The van der Waals surface area contributed by atoms with Gasteiger partial charge in [0.2, 0.25) is 5.01 Å². The van der Waals surface area contributed by atoms with Crippen LogP contribution in [-0.4, -0.2) is 42.6 Å². The number of aromatic nitrogens is 2. The van der Waals surface area contributed by atoms with Crippen LogP contribution in [0, 0.1) is 0 Å². The monoisotopic (exact) mass is 280 g/mol. The van der Waals surface area contributed by atoms with Gasteiger partial charge in [0.05, 0.1) is 12.9 Å². The van der Waals surface area contributed by atoms with Crippen molar-refractivity contribution in [3.63, 3.8) is 0 Å². The van der Waals surface area contributed by atoms with Crippen molar-refractivity contribution >= 4 is 27.4 Å². The molecule has 0 aromatic carbocycles. The third-order valence-corrected chi connectivity index (χ3v) is 3.30. The Kier molecular flexibility index (Phi) is 4.97. The van der Waals surface area contributed by atoms with Crippen LogP contribution in [0.1, 0.15) is 27.7 Å². The molecule has 0 atom stereocenters. The maximum Gasteiger partial charge on any atom is 0.367 e. The van der Waals surface area contributed by atoms with Gasteiger partial charge in [0, 0.05) is 6.42 Å². The summed E-state index contributed by atoms with van der Waals surface area (Å²) in [6.45, 7) is 0.128. The van der Waals surface area contributed by atoms with Crippen molar-refractivity contribution in [3.05, 3.63) is 10.0 Å². The normalized spacial score (nSPS) is 11.6. The highest BCUT2D eigenvalue weighted by molar-refractivity contribution is 7.85. The molecule has 1 aromatic heterocycles. The molecule has 1 N–H and O–H groups in total. The zero-order valence-electron chi connectivity index (χ0n) is 9.12. The van der Waals surface area contributed by atoms with Gasteiger partial charge in [0.1, 0.15) is 5.01 Å². The SMILES string of the molecule is CS(=O)(=O)OCCCCc1nnc(C(=O)O)s1. The molecule has 17 heavy (non-hydrogen) atoms. The summed E-state index contributed by atoms with van der Waals surface area (Å²) >= 11 is 1.02. The van der Waals surface area contributed by atoms with Crippen molar-refractivity contribution in [2.75, 3.05) is 12.9 Å². The van der Waals surface area contributed by atoms with E-state index in [2.05, 4.69) is 14.4 Å². The minimum atomic E-state index is -3.38. The van der Waals surface area contributed by atoms with Crippen molar-refractivity contribution < 1.29 is 22.5 Å². The first-order valence-corrected chi connectivity index (χ1v) is 7.42. The van der Waals surface area contributed by atoms with Gasteiger partial charge in [0.25, 0.3) is 10.1 Å². The number of hydrogen-bond acceptors (Lipinski definition) is 7. The maximum atomic E-state index is 10.6. The molecule has 1 aromatic rings. The van der Waals surface area contributed by atoms with Crippen LogP contribution in [-0.2, 0) is 20.7 Å². The molecule has 7 nitrogen and oxygen atoms in total. The smallest absolute Gasteiger partial charge is 0.367 e. The lowest BCUT2D eigenvalue weighted by Crippen LogP contribution is -2.04. The lowest BCUT2D eigenvalue weighted by Gasteiger charge is -1.99. The van der Waals surface area contributed by atoms with Gasteiger partial charge in [-0.05, 0) is 12.8 Å². The van der Waals surface area contributed by atoms with E-state index >= 15 is 0 Å². The predicted octanol–water partition coefficient (Wildman–Crippen LogP) is 0.535. The van der Waals surface area contributed by atoms with Crippen LogP contribution in [0.5, 0.6) is 0 Å². The van der Waals surface area contributed by atoms with E-state index in [-0.39, 0.29) is 11.6 Å². The standard InChI is InChI=1S/C8H12N2O5S2/c1-17(13,14)15-5-3-2-4-6-9-10-7(16-6)8(11)12/h2-5H2,1H3,(H,11,12). The molecular weight excluding hydrogens is 268 g/mol. The molecule has 0 fully saturated rings. The summed E-state index contributed by atoms with van der Waals surface area (Å²) in [6.07, 6.45) is 2.80. The van der Waals surface area contributed by atoms with E-state index in [0.29, 0.717) is 24.3 Å². The van der Waals surface area contributed by atoms with Crippen molar-refractivity contribution in [2.24, 2.45) is 0 Å². The van der Waals surface area contributed by atoms with E-state index in [9.17, 15) is 13.2 Å². The Balaban J connectivity index is 2.24. The Hall–Kier alpha value is -1.06. The molecule has 0 bridgehead atoms. The lowest BCUT2D eigenvalue weighted by atomic mass is 10.2. The number of carboxylic acid groups (broad SMARTS) is 1. The van der Waals surface area contributed by atoms with Crippen molar-refractivity contribution in [1.29, 1.82) is 0 Å². The molecule has 0 aliphatic heterocycles. The largest absolute Gasteiger partial charge is 0.476 e. The van der Waals surface area contributed by atoms with Crippen molar-refractivity contribution in [1.82, 2.24) is 10.2 Å². The number of nitrogens with zero attached hydrogens (tertiary/aromatic N) is 2. The van der Waals surface area contributed by atoms with Crippen molar-refractivity contribution in [2.45, 2.75) is 19.3 Å². The number of unbranched alkanes of at least 4 members (excludes halogenated alkanes) is 1. The first-order chi connectivity index (χ1) is 7.88. The Morgan fingerprint density at radius 2 is 2.12 bits per heavy atom. The van der Waals surface area contributed by atoms with Crippen LogP contribution in [0.4, 0.5) is 0 Å². The van der Waals surface area contributed by atoms with Crippen molar-refractivity contribution in [3.8, 4) is 0 Å². The van der Waals surface area contributed by atoms with Crippen LogP contribution in [0.2, 0.25) is 0 Å². The van der Waals surface area contributed by atoms with Crippen LogP contribution in [0.3, 0.4) is 0 Å². The number of aryl methyl sites for hydroxylation is 1. The number of carbonyl (C=O) groups is 1. The van der Waals surface area contributed by atoms with Crippen LogP contribution < -0.4 is 0 Å². The fraction of sp³-hybridized carbons (Fsp3) is 0.625. The van der Waals surface area contributed by atoms with Gasteiger partial charge in [-0.3, -0.25) is 4.18 Å². The minimum absolute atomic E-state index is 0.0348. The summed E-state index contributed by atoms with van der Waals surface area (Å²) in [5.74, 6) is -1.09. The third kappa shape index (κ3) is 5.71. The molecule has 9 heteroatoms. The van der Waals surface area contributed by atoms with Gasteiger partial charge in [-0.1, -0.05) is 11.3 Å². The highest BCUT2D eigenvalue weighted by Gasteiger charge is 2.10. The van der Waals surface area contributed by atoms with E-state index in [1.807, 2.05) is 0 Å². The Morgan fingerprint density at radius 3 is 2.65 bits per heavy atom. The number of hydrogen-bond donors (Lipinski definition) is 1. The maximum absolute atomic E-state index is 10.6. The zero-order valence-corrected chi connectivity index (χ0v) is 10.8. The molecule has 96 valence electrons. The molecule has 0 radical (unpaired) electrons. The first kappa shape index (κ1) is 14.0. The minimum Gasteiger partial charge on any atom is -0.476 e. The number of carboxylic acids is 1. The van der Waals surface area contributed by atoms with Crippen LogP contribution in [0.25, 0.3) is 0 Å². The number of rotatable bonds is 7. The van der Waals surface area contributed by atoms with Crippen LogP contribution >= 0.6 is 11.3 Å². The summed E-state index contributed by atoms with van der Waals surface area (Å²) in [5, 5.41) is 16.4. The van der Waals surface area contributed by atoms with Gasteiger partial charge in [0.15, 0.2) is 0 Å². The summed E-state index contributed by atoms with van der Waals surface area (Å²) in [5.41, 5.74) is 0. The summed E-state index contributed by atoms with van der Waals surface area (Å²) < 4.78 is 25.8. The molecule has 0 saturated heterocycles. The third-order valence-electron chi connectivity index (χ3n) is 1.73. The van der Waals surface area contributed by atoms with Gasteiger partial charge in [-0.2, -0.15) is 8.42 Å². The molecule has 0 aliphatic rings. The van der Waals surface area contributed by atoms with Gasteiger partial charge >= 0.3 is 5.97 Å². The fourth-order valence-corrected chi connectivity index (χ4v) is 2.17. The van der Waals surface area contributed by atoms with Gasteiger partial charge < -0.3 is 5.11 Å². The molecule has 0 saturated carbocycles. The summed E-state index contributed by atoms with van der Waals surface area (Å²) in [7, 11) is -3.38. The van der Waals surface area contributed by atoms with E-state index in [4.69, 9.17) is 5.11 Å². The lowest BCUT2D eigenvalue weighted by molar-refractivity contribution is 0.0695. The number of aromatic carboxylic acids is 1. The average Bonchev–Trinajstić information content (AvgIpc) is 2.64. The molecule has 0 unspecified atom stereocenters. The second-order valence-corrected chi connectivity index (χ2v) is 6.00. The highest BCUT2D eigenvalue weighted by atomic mass is 32.2. The Bertz CT molecular complexity index is 482. The highest BCUT2D eigenvalue weighted by Crippen LogP contribution is 2.12. The molecule has 1 heterocycles. The first-order valence-electron chi connectivity index (χ1n) is 4.78. The second kappa shape index (κ2) is 6.03. The average molecular weight is 280 g/mol. The fourth-order valence-electron chi connectivity index (χ4n) is 1.03. The second-order valence-electron chi connectivity index (χ2n) is 3.29. The molecule has 0 aliphatic carbocycles. The summed E-state index contributed by atoms with van der Waals surface area (Å²) in [4.78, 5) is 10.5. The van der Waals surface area contributed by atoms with Gasteiger partial charge in [-0.25, -0.2) is 4.79 Å². The van der Waals surface area contributed by atoms with Crippen LogP contribution in [0.15, 0.2) is 0 Å². The van der Waals surface area contributed by atoms with E-state index in [0.717, 1.165) is 17.6 Å². The topological polar surface area (TPSA) is 106 Å².